The molecular formula is C26H25F3N2O3. The summed E-state index contributed by atoms with van der Waals surface area (Å²) in [4.78, 5) is 14.8. The normalized spacial score (nSPS) is 16.4. The van der Waals surface area contributed by atoms with Gasteiger partial charge in [-0.05, 0) is 55.0 Å². The van der Waals surface area contributed by atoms with Crippen LogP contribution in [0.25, 0.3) is 0 Å². The van der Waals surface area contributed by atoms with Crippen LogP contribution in [-0.4, -0.2) is 32.2 Å². The molecular weight excluding hydrogens is 445 g/mol. The molecule has 1 amide bonds. The van der Waals surface area contributed by atoms with Gasteiger partial charge in [-0.3, -0.25) is 4.79 Å². The number of para-hydroxylation sites is 2. The number of carbonyl (C=O) groups is 1. The molecule has 1 heterocycles. The number of halogens is 3. The predicted octanol–water partition coefficient (Wildman–Crippen LogP) is 5.47. The van der Waals surface area contributed by atoms with Gasteiger partial charge in [0.2, 0.25) is 0 Å². The molecule has 0 spiro atoms. The van der Waals surface area contributed by atoms with Crippen molar-refractivity contribution in [2.24, 2.45) is 0 Å². The van der Waals surface area contributed by atoms with Crippen LogP contribution in [0, 0.1) is 0 Å². The monoisotopic (exact) mass is 470 g/mol. The first-order valence-electron chi connectivity index (χ1n) is 10.9. The van der Waals surface area contributed by atoms with Gasteiger partial charge in [-0.25, -0.2) is 0 Å². The Bertz CT molecular complexity index is 1170. The lowest BCUT2D eigenvalue weighted by molar-refractivity contribution is -0.137. The van der Waals surface area contributed by atoms with Gasteiger partial charge in [-0.15, -0.1) is 0 Å². The summed E-state index contributed by atoms with van der Waals surface area (Å²) < 4.78 is 50.9. The number of nitrogens with one attached hydrogen (secondary N) is 1. The highest BCUT2D eigenvalue weighted by atomic mass is 19.4. The van der Waals surface area contributed by atoms with E-state index in [0.717, 1.165) is 23.4 Å². The van der Waals surface area contributed by atoms with E-state index in [1.54, 1.807) is 31.4 Å². The van der Waals surface area contributed by atoms with Crippen molar-refractivity contribution in [1.29, 1.82) is 0 Å². The summed E-state index contributed by atoms with van der Waals surface area (Å²) in [6.45, 7) is 2.64. The highest BCUT2D eigenvalue weighted by Crippen LogP contribution is 2.35. The first-order valence-corrected chi connectivity index (χ1v) is 10.9. The number of nitrogens with zero attached hydrogens (tertiary/aromatic N) is 1. The molecule has 0 aromatic heterocycles. The quantitative estimate of drug-likeness (QED) is 0.519. The van der Waals surface area contributed by atoms with E-state index in [-0.39, 0.29) is 18.2 Å². The van der Waals surface area contributed by atoms with Gasteiger partial charge in [0.1, 0.15) is 17.6 Å². The van der Waals surface area contributed by atoms with Crippen molar-refractivity contribution in [1.82, 2.24) is 5.32 Å². The van der Waals surface area contributed by atoms with Crippen molar-refractivity contribution in [3.8, 4) is 11.5 Å². The van der Waals surface area contributed by atoms with Gasteiger partial charge in [0.05, 0.1) is 24.9 Å². The molecule has 2 unspecified atom stereocenters. The Balaban J connectivity index is 1.53. The maximum absolute atomic E-state index is 13.3. The zero-order valence-electron chi connectivity index (χ0n) is 18.8. The zero-order chi connectivity index (χ0) is 24.3. The van der Waals surface area contributed by atoms with Crippen LogP contribution in [0.3, 0.4) is 0 Å². The Morgan fingerprint density at radius 1 is 1.12 bits per heavy atom. The summed E-state index contributed by atoms with van der Waals surface area (Å²) >= 11 is 0. The molecule has 0 aliphatic carbocycles. The third-order valence-corrected chi connectivity index (χ3v) is 5.76. The number of rotatable bonds is 6. The van der Waals surface area contributed by atoms with E-state index in [4.69, 9.17) is 9.47 Å². The molecule has 34 heavy (non-hydrogen) atoms. The molecule has 1 aliphatic rings. The molecule has 0 fully saturated rings. The van der Waals surface area contributed by atoms with Gasteiger partial charge in [0, 0.05) is 18.2 Å². The summed E-state index contributed by atoms with van der Waals surface area (Å²) in [5, 5.41) is 3.41. The Morgan fingerprint density at radius 3 is 2.65 bits per heavy atom. The van der Waals surface area contributed by atoms with Gasteiger partial charge in [0.25, 0.3) is 5.91 Å². The Morgan fingerprint density at radius 2 is 1.88 bits per heavy atom. The highest BCUT2D eigenvalue weighted by molar-refractivity contribution is 6.07. The number of fused-ring (bicyclic) bond motifs is 1. The fourth-order valence-corrected chi connectivity index (χ4v) is 3.92. The lowest BCUT2D eigenvalue weighted by Gasteiger charge is -2.35. The van der Waals surface area contributed by atoms with Crippen molar-refractivity contribution in [2.75, 3.05) is 25.1 Å². The minimum absolute atomic E-state index is 0.0107. The van der Waals surface area contributed by atoms with E-state index >= 15 is 0 Å². The number of amides is 1. The van der Waals surface area contributed by atoms with Crippen LogP contribution in [0.5, 0.6) is 11.5 Å². The number of carbonyl (C=O) groups excluding carboxylic acids is 1. The molecule has 3 aromatic rings. The largest absolute Gasteiger partial charge is 0.497 e. The topological polar surface area (TPSA) is 50.8 Å². The van der Waals surface area contributed by atoms with Crippen molar-refractivity contribution < 1.29 is 27.4 Å². The van der Waals surface area contributed by atoms with Gasteiger partial charge in [-0.1, -0.05) is 30.3 Å². The average Bonchev–Trinajstić information content (AvgIpc) is 2.86. The Kier molecular flexibility index (Phi) is 6.79. The van der Waals surface area contributed by atoms with Crippen LogP contribution in [0.2, 0.25) is 0 Å². The molecule has 8 heteroatoms. The first kappa shape index (κ1) is 23.6. The van der Waals surface area contributed by atoms with E-state index in [1.165, 1.54) is 17.0 Å². The van der Waals surface area contributed by atoms with Crippen LogP contribution in [0.1, 0.15) is 34.5 Å². The lowest BCUT2D eigenvalue weighted by atomic mass is 10.1. The summed E-state index contributed by atoms with van der Waals surface area (Å²) in [7, 11) is 1.61. The fourth-order valence-electron chi connectivity index (χ4n) is 3.92. The molecule has 3 aromatic carbocycles. The summed E-state index contributed by atoms with van der Waals surface area (Å²) in [5.41, 5.74) is 0.683. The number of hydrogen-bond donors (Lipinski definition) is 1. The van der Waals surface area contributed by atoms with E-state index in [0.29, 0.717) is 18.0 Å². The molecule has 0 saturated heterocycles. The predicted molar refractivity (Wildman–Crippen MR) is 123 cm³/mol. The van der Waals surface area contributed by atoms with Gasteiger partial charge < -0.3 is 19.7 Å². The molecule has 4 rings (SSSR count). The number of benzene rings is 3. The van der Waals surface area contributed by atoms with Gasteiger partial charge >= 0.3 is 6.18 Å². The van der Waals surface area contributed by atoms with Gasteiger partial charge in [0.15, 0.2) is 0 Å². The second-order valence-corrected chi connectivity index (χ2v) is 8.11. The molecule has 2 atom stereocenters. The smallest absolute Gasteiger partial charge is 0.416 e. The summed E-state index contributed by atoms with van der Waals surface area (Å²) in [6.07, 6.45) is -4.92. The molecule has 0 saturated carbocycles. The summed E-state index contributed by atoms with van der Waals surface area (Å²) in [6, 6.07) is 19.2. The van der Waals surface area contributed by atoms with Crippen molar-refractivity contribution in [2.45, 2.75) is 25.2 Å². The third-order valence-electron chi connectivity index (χ3n) is 5.76. The van der Waals surface area contributed by atoms with Crippen LogP contribution >= 0.6 is 0 Å². The van der Waals surface area contributed by atoms with Crippen LogP contribution in [0.4, 0.5) is 18.9 Å². The van der Waals surface area contributed by atoms with Crippen LogP contribution in [0.15, 0.2) is 72.8 Å². The molecule has 178 valence electrons. The van der Waals surface area contributed by atoms with Crippen molar-refractivity contribution in [3.63, 3.8) is 0 Å². The number of methoxy groups -OCH3 is 1. The maximum atomic E-state index is 13.3. The second-order valence-electron chi connectivity index (χ2n) is 8.11. The molecule has 1 aliphatic heterocycles. The fraction of sp³-hybridized carbons (Fsp3) is 0.269. The van der Waals surface area contributed by atoms with E-state index in [9.17, 15) is 18.0 Å². The van der Waals surface area contributed by atoms with Gasteiger partial charge in [-0.2, -0.15) is 13.2 Å². The third kappa shape index (κ3) is 5.17. The lowest BCUT2D eigenvalue weighted by Crippen LogP contribution is -2.48. The maximum Gasteiger partial charge on any atom is 0.416 e. The zero-order valence-corrected chi connectivity index (χ0v) is 18.8. The number of ether oxygens (including phenoxy) is 2. The second kappa shape index (κ2) is 9.77. The van der Waals surface area contributed by atoms with Crippen LogP contribution < -0.4 is 19.7 Å². The van der Waals surface area contributed by atoms with E-state index in [2.05, 4.69) is 5.32 Å². The Hall–Kier alpha value is -3.52. The van der Waals surface area contributed by atoms with E-state index in [1.807, 2.05) is 31.2 Å². The minimum Gasteiger partial charge on any atom is -0.497 e. The first-order chi connectivity index (χ1) is 16.3. The average molecular weight is 470 g/mol. The molecule has 5 nitrogen and oxygen atoms in total. The number of anilines is 1. The van der Waals surface area contributed by atoms with E-state index < -0.39 is 23.8 Å². The minimum atomic E-state index is -4.53. The number of hydrogen-bond acceptors (Lipinski definition) is 4. The number of alkyl halides is 3. The summed E-state index contributed by atoms with van der Waals surface area (Å²) in [5.74, 6) is 0.759. The highest BCUT2D eigenvalue weighted by Gasteiger charge is 2.33. The SMILES string of the molecule is COc1cccc(C(C)NCC2CN(C(=O)c3cccc(C(F)(F)F)c3)c3ccccc3O2)c1. The molecule has 0 radical (unpaired) electrons. The molecule has 0 bridgehead atoms. The van der Waals surface area contributed by atoms with Crippen molar-refractivity contribution in [3.05, 3.63) is 89.5 Å². The Labute approximate surface area is 196 Å². The van der Waals surface area contributed by atoms with Crippen LogP contribution in [-0.2, 0) is 6.18 Å². The standard InChI is InChI=1S/C26H25F3N2O3/c1-17(18-7-6-10-21(14-18)33-2)30-15-22-16-31(23-11-3-4-12-24(23)34-22)25(32)19-8-5-9-20(13-19)26(27,28)29/h3-14,17,22,30H,15-16H2,1-2H3. The molecule has 1 N–H and O–H groups in total. The van der Waals surface area contributed by atoms with Crippen molar-refractivity contribution >= 4 is 11.6 Å².